The molecule has 0 aliphatic carbocycles. The number of ether oxygens (including phenoxy) is 1. The summed E-state index contributed by atoms with van der Waals surface area (Å²) in [6.45, 7) is 6.20. The van der Waals surface area contributed by atoms with Gasteiger partial charge >= 0.3 is 0 Å². The first-order chi connectivity index (χ1) is 16.0. The van der Waals surface area contributed by atoms with Gasteiger partial charge in [0.15, 0.2) is 6.61 Å². The lowest BCUT2D eigenvalue weighted by atomic mass is 10.3. The number of aromatic nitrogens is 2. The van der Waals surface area contributed by atoms with Crippen molar-refractivity contribution in [1.29, 1.82) is 0 Å². The summed E-state index contributed by atoms with van der Waals surface area (Å²) in [5.74, 6) is 1.22. The minimum absolute atomic E-state index is 0.0838. The fraction of sp³-hybridized carbons (Fsp3) is 0.400. The molecule has 0 atom stereocenters. The predicted molar refractivity (Wildman–Crippen MR) is 131 cm³/mol. The molecule has 33 heavy (non-hydrogen) atoms. The van der Waals surface area contributed by atoms with Gasteiger partial charge in [-0.25, -0.2) is 4.98 Å². The van der Waals surface area contributed by atoms with Gasteiger partial charge in [0.25, 0.3) is 5.91 Å². The van der Waals surface area contributed by atoms with Crippen LogP contribution in [0.25, 0.3) is 11.0 Å². The molecule has 0 aliphatic rings. The maximum atomic E-state index is 13.0. The van der Waals surface area contributed by atoms with Crippen LogP contribution in [0.15, 0.2) is 48.5 Å². The molecular weight excluding hydrogens is 440 g/mol. The topological polar surface area (TPSA) is 76.5 Å². The zero-order chi connectivity index (χ0) is 23.6. The van der Waals surface area contributed by atoms with E-state index >= 15 is 0 Å². The molecule has 1 aromatic heterocycles. The lowest BCUT2D eigenvalue weighted by Crippen LogP contribution is -2.36. The Morgan fingerprint density at radius 2 is 1.76 bits per heavy atom. The molecule has 2 amide bonds. The van der Waals surface area contributed by atoms with Crippen LogP contribution in [-0.4, -0.2) is 52.5 Å². The molecule has 0 unspecified atom stereocenters. The number of rotatable bonds is 12. The van der Waals surface area contributed by atoms with Crippen LogP contribution in [0.3, 0.4) is 0 Å². The highest BCUT2D eigenvalue weighted by Crippen LogP contribution is 2.17. The number of para-hydroxylation sites is 2. The number of benzene rings is 2. The third-order valence-corrected chi connectivity index (χ3v) is 5.47. The number of halogens is 1. The molecule has 0 aliphatic heterocycles. The largest absolute Gasteiger partial charge is 0.484 e. The molecule has 0 saturated heterocycles. The number of hydrogen-bond acceptors (Lipinski definition) is 4. The summed E-state index contributed by atoms with van der Waals surface area (Å²) in [5, 5.41) is 3.47. The number of hydrogen-bond donors (Lipinski definition) is 1. The van der Waals surface area contributed by atoms with E-state index in [9.17, 15) is 9.59 Å². The van der Waals surface area contributed by atoms with Crippen molar-refractivity contribution < 1.29 is 14.3 Å². The van der Waals surface area contributed by atoms with Crippen molar-refractivity contribution in [2.24, 2.45) is 0 Å². The van der Waals surface area contributed by atoms with E-state index in [2.05, 4.69) is 19.2 Å². The first-order valence-electron chi connectivity index (χ1n) is 11.4. The predicted octanol–water partition coefficient (Wildman–Crippen LogP) is 4.08. The third kappa shape index (κ3) is 6.96. The first kappa shape index (κ1) is 24.6. The van der Waals surface area contributed by atoms with Crippen LogP contribution in [0.5, 0.6) is 5.75 Å². The van der Waals surface area contributed by atoms with Crippen LogP contribution in [-0.2, 0) is 22.6 Å². The Hall–Kier alpha value is -3.06. The van der Waals surface area contributed by atoms with Gasteiger partial charge in [-0.2, -0.15) is 0 Å². The van der Waals surface area contributed by atoms with E-state index in [1.807, 2.05) is 33.7 Å². The van der Waals surface area contributed by atoms with E-state index in [-0.39, 0.29) is 25.0 Å². The molecule has 8 heteroatoms. The van der Waals surface area contributed by atoms with Gasteiger partial charge in [-0.15, -0.1) is 0 Å². The van der Waals surface area contributed by atoms with Crippen LogP contribution >= 0.6 is 11.6 Å². The van der Waals surface area contributed by atoms with Gasteiger partial charge in [0.1, 0.15) is 18.1 Å². The van der Waals surface area contributed by atoms with E-state index < -0.39 is 0 Å². The number of nitrogens with zero attached hydrogens (tertiary/aromatic N) is 3. The minimum Gasteiger partial charge on any atom is -0.484 e. The van der Waals surface area contributed by atoms with Crippen molar-refractivity contribution in [2.45, 2.75) is 39.7 Å². The first-order valence-corrected chi connectivity index (χ1v) is 11.8. The van der Waals surface area contributed by atoms with E-state index in [1.54, 1.807) is 24.3 Å². The van der Waals surface area contributed by atoms with Crippen LogP contribution in [0.1, 0.15) is 32.5 Å². The second kappa shape index (κ2) is 12.3. The van der Waals surface area contributed by atoms with Crippen molar-refractivity contribution >= 4 is 34.4 Å². The summed E-state index contributed by atoms with van der Waals surface area (Å²) < 4.78 is 7.45. The van der Waals surface area contributed by atoms with Gasteiger partial charge in [0.2, 0.25) is 5.91 Å². The average Bonchev–Trinajstić information content (AvgIpc) is 3.15. The highest BCUT2D eigenvalue weighted by molar-refractivity contribution is 6.30. The highest BCUT2D eigenvalue weighted by Gasteiger charge is 2.17. The molecule has 0 fully saturated rings. The standard InChI is InChI=1S/C25H31ClN4O3/c1-3-15-29(16-4-2)25(32)17-30-22-8-6-5-7-21(22)28-23(30)13-14-27-24(31)18-33-20-11-9-19(26)10-12-20/h5-12H,3-4,13-18H2,1-2H3,(H,27,31). The highest BCUT2D eigenvalue weighted by atomic mass is 35.5. The molecule has 0 bridgehead atoms. The molecule has 3 rings (SSSR count). The Bertz CT molecular complexity index is 1060. The normalized spacial score (nSPS) is 10.9. The van der Waals surface area contributed by atoms with Gasteiger partial charge in [0.05, 0.1) is 11.0 Å². The molecule has 3 aromatic rings. The number of fused-ring (bicyclic) bond motifs is 1. The van der Waals surface area contributed by atoms with Crippen molar-refractivity contribution in [2.75, 3.05) is 26.2 Å². The maximum absolute atomic E-state index is 13.0. The van der Waals surface area contributed by atoms with Crippen LogP contribution in [0.2, 0.25) is 5.02 Å². The molecule has 1 N–H and O–H groups in total. The quantitative estimate of drug-likeness (QED) is 0.432. The molecule has 7 nitrogen and oxygen atoms in total. The van der Waals surface area contributed by atoms with Crippen molar-refractivity contribution in [3.05, 3.63) is 59.4 Å². The number of amides is 2. The second-order valence-corrected chi connectivity index (χ2v) is 8.26. The number of nitrogens with one attached hydrogen (secondary N) is 1. The summed E-state index contributed by atoms with van der Waals surface area (Å²) in [6.07, 6.45) is 2.36. The van der Waals surface area contributed by atoms with E-state index in [0.717, 1.165) is 42.8 Å². The van der Waals surface area contributed by atoms with Gasteiger partial charge < -0.3 is 19.5 Å². The monoisotopic (exact) mass is 470 g/mol. The van der Waals surface area contributed by atoms with E-state index in [1.165, 1.54) is 0 Å². The van der Waals surface area contributed by atoms with Crippen LogP contribution in [0.4, 0.5) is 0 Å². The van der Waals surface area contributed by atoms with Gasteiger partial charge in [-0.1, -0.05) is 37.6 Å². The summed E-state index contributed by atoms with van der Waals surface area (Å²) >= 11 is 5.86. The smallest absolute Gasteiger partial charge is 0.257 e. The molecule has 1 heterocycles. The van der Waals surface area contributed by atoms with Crippen molar-refractivity contribution in [3.63, 3.8) is 0 Å². The lowest BCUT2D eigenvalue weighted by Gasteiger charge is -2.22. The van der Waals surface area contributed by atoms with Crippen molar-refractivity contribution in [3.8, 4) is 5.75 Å². The molecule has 2 aromatic carbocycles. The molecule has 0 radical (unpaired) electrons. The fourth-order valence-corrected chi connectivity index (χ4v) is 3.80. The summed E-state index contributed by atoms with van der Waals surface area (Å²) in [4.78, 5) is 31.8. The van der Waals surface area contributed by atoms with Crippen molar-refractivity contribution in [1.82, 2.24) is 19.8 Å². The molecular formula is C25H31ClN4O3. The fourth-order valence-electron chi connectivity index (χ4n) is 3.67. The molecule has 0 spiro atoms. The Labute approximate surface area is 199 Å². The number of carbonyl (C=O) groups excluding carboxylic acids is 2. The number of imidazole rings is 1. The summed E-state index contributed by atoms with van der Waals surface area (Å²) in [5.41, 5.74) is 1.77. The van der Waals surface area contributed by atoms with E-state index in [4.69, 9.17) is 21.3 Å². The zero-order valence-corrected chi connectivity index (χ0v) is 20.0. The van der Waals surface area contributed by atoms with Gasteiger partial charge in [-0.3, -0.25) is 9.59 Å². The van der Waals surface area contributed by atoms with Gasteiger partial charge in [-0.05, 0) is 49.2 Å². The zero-order valence-electron chi connectivity index (χ0n) is 19.2. The Morgan fingerprint density at radius 1 is 1.06 bits per heavy atom. The van der Waals surface area contributed by atoms with Crippen LogP contribution in [0, 0.1) is 0 Å². The Kier molecular flexibility index (Phi) is 9.13. The SMILES string of the molecule is CCCN(CCC)C(=O)Cn1c(CCNC(=O)COc2ccc(Cl)cc2)nc2ccccc21. The molecule has 176 valence electrons. The third-order valence-electron chi connectivity index (χ3n) is 5.22. The Balaban J connectivity index is 1.62. The number of carbonyl (C=O) groups is 2. The summed E-state index contributed by atoms with van der Waals surface area (Å²) in [7, 11) is 0. The summed E-state index contributed by atoms with van der Waals surface area (Å²) in [6, 6.07) is 14.6. The van der Waals surface area contributed by atoms with Gasteiger partial charge in [0, 0.05) is 31.1 Å². The minimum atomic E-state index is -0.222. The average molecular weight is 471 g/mol. The maximum Gasteiger partial charge on any atom is 0.257 e. The second-order valence-electron chi connectivity index (χ2n) is 7.83. The van der Waals surface area contributed by atoms with E-state index in [0.29, 0.717) is 23.7 Å². The Morgan fingerprint density at radius 3 is 2.45 bits per heavy atom. The molecule has 0 saturated carbocycles. The lowest BCUT2D eigenvalue weighted by molar-refractivity contribution is -0.132. The van der Waals surface area contributed by atoms with Crippen LogP contribution < -0.4 is 10.1 Å².